The van der Waals surface area contributed by atoms with E-state index in [0.717, 1.165) is 30.1 Å². The first-order chi connectivity index (χ1) is 18.9. The molecule has 1 aromatic carbocycles. The summed E-state index contributed by atoms with van der Waals surface area (Å²) in [7, 11) is 1.31. The van der Waals surface area contributed by atoms with Gasteiger partial charge in [-0.05, 0) is 94.1 Å². The maximum Gasteiger partial charge on any atom is 0.410 e. The lowest BCUT2D eigenvalue weighted by molar-refractivity contribution is 0.00320. The van der Waals surface area contributed by atoms with Crippen LogP contribution in [0, 0.1) is 11.8 Å². The van der Waals surface area contributed by atoms with Crippen molar-refractivity contribution in [1.29, 1.82) is 0 Å². The van der Waals surface area contributed by atoms with E-state index in [2.05, 4.69) is 78.9 Å². The van der Waals surface area contributed by atoms with Gasteiger partial charge in [-0.25, -0.2) is 4.79 Å². The van der Waals surface area contributed by atoms with Crippen molar-refractivity contribution in [1.82, 2.24) is 4.90 Å². The van der Waals surface area contributed by atoms with Gasteiger partial charge >= 0.3 is 6.09 Å². The molecule has 0 fully saturated rings. The monoisotopic (exact) mass is 591 g/mol. The second-order valence-electron chi connectivity index (χ2n) is 14.2. The van der Waals surface area contributed by atoms with E-state index in [9.17, 15) is 4.79 Å². The van der Waals surface area contributed by atoms with Crippen molar-refractivity contribution in [3.63, 3.8) is 0 Å². The molecule has 0 aliphatic rings. The summed E-state index contributed by atoms with van der Waals surface area (Å²) in [6.07, 6.45) is 8.95. The van der Waals surface area contributed by atoms with Crippen LogP contribution in [0.25, 0.3) is 0 Å². The van der Waals surface area contributed by atoms with Gasteiger partial charge in [-0.3, -0.25) is 0 Å². The van der Waals surface area contributed by atoms with Crippen LogP contribution in [0.5, 0.6) is 5.75 Å². The van der Waals surface area contributed by atoms with Crippen LogP contribution in [-0.4, -0.2) is 58.0 Å². The summed E-state index contributed by atoms with van der Waals surface area (Å²) in [5.74, 6) is 2.02. The number of nitrogens with zero attached hydrogens (tertiary/aromatic N) is 1. The zero-order valence-corrected chi connectivity index (χ0v) is 29.5. The lowest BCUT2D eigenvalue weighted by Crippen LogP contribution is -2.53. The van der Waals surface area contributed by atoms with Gasteiger partial charge < -0.3 is 23.5 Å². The number of amides is 1. The molecule has 0 bridgehead atoms. The van der Waals surface area contributed by atoms with Crippen molar-refractivity contribution >= 4 is 14.4 Å². The first kappa shape index (κ1) is 37.2. The van der Waals surface area contributed by atoms with E-state index < -0.39 is 13.9 Å². The Morgan fingerprint density at radius 1 is 1.05 bits per heavy atom. The minimum Gasteiger partial charge on any atom is -0.468 e. The van der Waals surface area contributed by atoms with Crippen molar-refractivity contribution in [2.45, 2.75) is 130 Å². The molecule has 1 amide bonds. The Hall–Kier alpha value is -1.83. The predicted octanol–water partition coefficient (Wildman–Crippen LogP) is 9.25. The molecule has 0 saturated heterocycles. The fourth-order valence-electron chi connectivity index (χ4n) is 4.43. The number of carbonyl (C=O) groups is 1. The van der Waals surface area contributed by atoms with Crippen LogP contribution >= 0.6 is 0 Å². The number of likely N-dealkylation sites (N-methyl/N-ethyl adjacent to an activating group) is 1. The number of methoxy groups -OCH3 is 1. The molecule has 0 spiro atoms. The zero-order chi connectivity index (χ0) is 31.4. The molecule has 0 aromatic heterocycles. The molecule has 0 heterocycles. The van der Waals surface area contributed by atoms with Gasteiger partial charge in [0.2, 0.25) is 0 Å². The summed E-state index contributed by atoms with van der Waals surface area (Å²) in [5, 5.41) is 0.0429. The molecule has 236 valence electrons. The number of hydrogen-bond acceptors (Lipinski definition) is 5. The Balaban J connectivity index is 3.36. The number of allylic oxidation sites excluding steroid dienone is 2. The van der Waals surface area contributed by atoms with Gasteiger partial charge in [0.15, 0.2) is 15.1 Å². The summed E-state index contributed by atoms with van der Waals surface area (Å²) in [4.78, 5) is 15.1. The van der Waals surface area contributed by atoms with Crippen molar-refractivity contribution in [3.8, 4) is 5.75 Å². The minimum atomic E-state index is -2.14. The molecule has 0 N–H and O–H groups in total. The molecule has 0 aliphatic carbocycles. The predicted molar refractivity (Wildman–Crippen MR) is 174 cm³/mol. The summed E-state index contributed by atoms with van der Waals surface area (Å²) in [5.41, 5.74) is 0.525. The Labute approximate surface area is 253 Å². The van der Waals surface area contributed by atoms with Gasteiger partial charge in [0.25, 0.3) is 0 Å². The van der Waals surface area contributed by atoms with E-state index >= 15 is 0 Å². The molecule has 1 aromatic rings. The first-order valence-electron chi connectivity index (χ1n) is 15.4. The third-order valence-corrected chi connectivity index (χ3v) is 12.6. The fraction of sp³-hybridized carbons (Fsp3) is 0.735. The molecule has 4 atom stereocenters. The SMILES string of the molecule is CC[C@H](C)C[C@H](C)/C=C/CC[C@@H](O[Si](C)(C)C(C)(C)C)[C@@H](Cc1ccc(OCOC)cc1)N(C)C(=O)OC(C)(C)C. The summed E-state index contributed by atoms with van der Waals surface area (Å²) in [6, 6.07) is 7.81. The molecule has 0 unspecified atom stereocenters. The fourth-order valence-corrected chi connectivity index (χ4v) is 5.82. The van der Waals surface area contributed by atoms with Crippen molar-refractivity contribution in [2.75, 3.05) is 21.0 Å². The standard InChI is InChI=1S/C34H61NO5Si/c1-14-26(2)23-27(3)17-15-16-18-31(40-41(12,13)34(7,8)9)30(35(10)32(36)39-33(4,5)6)24-28-19-21-29(22-20-28)38-25-37-11/h15,17,19-22,26-27,30-31H,14,16,18,23-25H2,1-13H3/b17-15+/t26-,27+,30+,31+/m0/s1. The third-order valence-electron chi connectivity index (χ3n) is 8.13. The van der Waals surface area contributed by atoms with Crippen LogP contribution in [0.1, 0.15) is 93.6 Å². The zero-order valence-electron chi connectivity index (χ0n) is 28.5. The van der Waals surface area contributed by atoms with Gasteiger partial charge in [0, 0.05) is 14.2 Å². The first-order valence-corrected chi connectivity index (χ1v) is 18.3. The van der Waals surface area contributed by atoms with Crippen molar-refractivity contribution < 1.29 is 23.4 Å². The molecule has 0 aliphatic heterocycles. The normalized spacial score (nSPS) is 15.8. The molecular weight excluding hydrogens is 530 g/mol. The minimum absolute atomic E-state index is 0.0429. The second kappa shape index (κ2) is 16.7. The smallest absolute Gasteiger partial charge is 0.410 e. The number of hydrogen-bond donors (Lipinski definition) is 0. The maximum absolute atomic E-state index is 13.4. The van der Waals surface area contributed by atoms with Gasteiger partial charge in [0.1, 0.15) is 11.4 Å². The van der Waals surface area contributed by atoms with Gasteiger partial charge in [-0.2, -0.15) is 0 Å². The highest BCUT2D eigenvalue weighted by Crippen LogP contribution is 2.39. The highest BCUT2D eigenvalue weighted by molar-refractivity contribution is 6.74. The van der Waals surface area contributed by atoms with E-state index in [1.54, 1.807) is 12.0 Å². The number of rotatable bonds is 16. The summed E-state index contributed by atoms with van der Waals surface area (Å²) in [6.45, 7) is 24.2. The summed E-state index contributed by atoms with van der Waals surface area (Å²) >= 11 is 0. The van der Waals surface area contributed by atoms with Crippen molar-refractivity contribution in [2.24, 2.45) is 11.8 Å². The lowest BCUT2D eigenvalue weighted by atomic mass is 9.94. The Morgan fingerprint density at radius 3 is 2.17 bits per heavy atom. The van der Waals surface area contributed by atoms with E-state index in [4.69, 9.17) is 18.6 Å². The van der Waals surface area contributed by atoms with Gasteiger partial charge in [-0.15, -0.1) is 0 Å². The molecule has 7 heteroatoms. The van der Waals surface area contributed by atoms with Crippen LogP contribution in [0.15, 0.2) is 36.4 Å². The van der Waals surface area contributed by atoms with Gasteiger partial charge in [-0.1, -0.05) is 72.2 Å². The Bertz CT molecular complexity index is 917. The average Bonchev–Trinajstić information content (AvgIpc) is 2.86. The highest BCUT2D eigenvalue weighted by atomic mass is 28.4. The molecule has 1 rings (SSSR count). The highest BCUT2D eigenvalue weighted by Gasteiger charge is 2.42. The number of ether oxygens (including phenoxy) is 3. The lowest BCUT2D eigenvalue weighted by Gasteiger charge is -2.43. The van der Waals surface area contributed by atoms with Crippen LogP contribution in [0.2, 0.25) is 18.1 Å². The van der Waals surface area contributed by atoms with Crippen molar-refractivity contribution in [3.05, 3.63) is 42.0 Å². The Morgan fingerprint density at radius 2 is 1.66 bits per heavy atom. The topological polar surface area (TPSA) is 57.2 Å². The Kier molecular flexibility index (Phi) is 15.2. The molecule has 41 heavy (non-hydrogen) atoms. The average molecular weight is 592 g/mol. The van der Waals surface area contributed by atoms with E-state index in [1.165, 1.54) is 12.8 Å². The van der Waals surface area contributed by atoms with Crippen LogP contribution < -0.4 is 4.74 Å². The van der Waals surface area contributed by atoms with Gasteiger partial charge in [0.05, 0.1) is 12.1 Å². The maximum atomic E-state index is 13.4. The van der Waals surface area contributed by atoms with Crippen LogP contribution in [0.3, 0.4) is 0 Å². The molecular formula is C34H61NO5Si. The molecule has 6 nitrogen and oxygen atoms in total. The second-order valence-corrected chi connectivity index (χ2v) is 19.0. The number of carbonyl (C=O) groups excluding carboxylic acids is 1. The third kappa shape index (κ3) is 13.8. The van der Waals surface area contributed by atoms with E-state index in [0.29, 0.717) is 12.3 Å². The van der Waals surface area contributed by atoms with E-state index in [-0.39, 0.29) is 30.1 Å². The van der Waals surface area contributed by atoms with Crippen LogP contribution in [-0.2, 0) is 20.3 Å². The quantitative estimate of drug-likeness (QED) is 0.109. The molecule has 0 radical (unpaired) electrons. The van der Waals surface area contributed by atoms with Crippen LogP contribution in [0.4, 0.5) is 4.79 Å². The number of benzene rings is 1. The summed E-state index contributed by atoms with van der Waals surface area (Å²) < 4.78 is 23.6. The van der Waals surface area contributed by atoms with E-state index in [1.807, 2.05) is 40.0 Å². The largest absolute Gasteiger partial charge is 0.468 e. The molecule has 0 saturated carbocycles.